The molecule has 0 bridgehead atoms. The van der Waals surface area contributed by atoms with E-state index >= 15 is 0 Å². The Balaban J connectivity index is 3.45. The van der Waals surface area contributed by atoms with Gasteiger partial charge in [-0.1, -0.05) is 296 Å². The Kier molecular flexibility index (Phi) is 53.5. The van der Waals surface area contributed by atoms with E-state index in [0.29, 0.717) is 25.9 Å². The molecule has 0 aromatic rings. The van der Waals surface area contributed by atoms with Gasteiger partial charge in [-0.05, 0) is 25.7 Å². The van der Waals surface area contributed by atoms with E-state index < -0.39 is 12.1 Å². The number of aliphatic hydroxyl groups excluding tert-OH is 2. The SMILES string of the molecule is CCCCCCCCCCCCCCCCCCCCCCCCCC(O)C(CO)NC(=O)CCCCCCCCCCCCOC(=O)CCCCCCCCCCCCCCCC. The quantitative estimate of drug-likeness (QED) is 0.0417. The lowest BCUT2D eigenvalue weighted by atomic mass is 10.0. The van der Waals surface area contributed by atoms with E-state index in [1.54, 1.807) is 0 Å². The molecule has 0 aliphatic rings. The summed E-state index contributed by atoms with van der Waals surface area (Å²) in [5.74, 6) is -0.0678. The lowest BCUT2D eigenvalue weighted by Crippen LogP contribution is -2.45. The van der Waals surface area contributed by atoms with E-state index in [9.17, 15) is 19.8 Å². The first-order valence-electron chi connectivity index (χ1n) is 29.3. The van der Waals surface area contributed by atoms with Crippen LogP contribution in [0.5, 0.6) is 0 Å². The average molecular weight is 907 g/mol. The van der Waals surface area contributed by atoms with Crippen molar-refractivity contribution >= 4 is 11.9 Å². The Bertz CT molecular complexity index is 913. The van der Waals surface area contributed by atoms with Gasteiger partial charge in [0.25, 0.3) is 0 Å². The fourth-order valence-corrected chi connectivity index (χ4v) is 9.41. The van der Waals surface area contributed by atoms with Crippen molar-refractivity contribution < 1.29 is 24.5 Å². The van der Waals surface area contributed by atoms with Crippen molar-refractivity contribution in [2.45, 2.75) is 347 Å². The second kappa shape index (κ2) is 54.5. The molecule has 0 radical (unpaired) electrons. The predicted molar refractivity (Wildman–Crippen MR) is 278 cm³/mol. The number of hydrogen-bond donors (Lipinski definition) is 3. The summed E-state index contributed by atoms with van der Waals surface area (Å²) in [5, 5.41) is 23.3. The maximum absolute atomic E-state index is 12.5. The Morgan fingerprint density at radius 1 is 0.375 bits per heavy atom. The minimum atomic E-state index is -0.678. The molecule has 0 heterocycles. The van der Waals surface area contributed by atoms with E-state index in [1.807, 2.05) is 0 Å². The largest absolute Gasteiger partial charge is 0.466 e. The molecule has 64 heavy (non-hydrogen) atoms. The van der Waals surface area contributed by atoms with Gasteiger partial charge in [-0.15, -0.1) is 0 Å². The Morgan fingerprint density at radius 2 is 0.641 bits per heavy atom. The summed E-state index contributed by atoms with van der Waals surface area (Å²) in [5.41, 5.74) is 0. The first-order valence-corrected chi connectivity index (χ1v) is 29.3. The maximum atomic E-state index is 12.5. The van der Waals surface area contributed by atoms with E-state index in [-0.39, 0.29) is 18.5 Å². The van der Waals surface area contributed by atoms with Crippen molar-refractivity contribution in [2.75, 3.05) is 13.2 Å². The van der Waals surface area contributed by atoms with Crippen LogP contribution < -0.4 is 5.32 Å². The molecule has 0 rings (SSSR count). The number of carbonyl (C=O) groups is 2. The molecule has 382 valence electrons. The van der Waals surface area contributed by atoms with Crippen LogP contribution >= 0.6 is 0 Å². The van der Waals surface area contributed by atoms with Crippen LogP contribution in [0.4, 0.5) is 0 Å². The molecular formula is C58H115NO5. The highest BCUT2D eigenvalue weighted by Gasteiger charge is 2.20. The van der Waals surface area contributed by atoms with Gasteiger partial charge < -0.3 is 20.3 Å². The van der Waals surface area contributed by atoms with Crippen molar-refractivity contribution in [1.29, 1.82) is 0 Å². The zero-order valence-electron chi connectivity index (χ0n) is 43.5. The number of hydrogen-bond acceptors (Lipinski definition) is 5. The summed E-state index contributed by atoms with van der Waals surface area (Å²) in [6, 6.07) is -0.557. The molecule has 6 heteroatoms. The Morgan fingerprint density at radius 3 is 0.953 bits per heavy atom. The monoisotopic (exact) mass is 906 g/mol. The third kappa shape index (κ3) is 50.3. The molecule has 0 saturated carbocycles. The lowest BCUT2D eigenvalue weighted by Gasteiger charge is -2.22. The standard InChI is InChI=1S/C58H115NO5/c1-3-5-7-9-11-13-15-17-19-20-21-22-23-24-25-26-27-28-30-34-38-42-46-50-56(61)55(54-60)59-57(62)51-47-43-39-35-32-33-37-41-45-49-53-64-58(63)52-48-44-40-36-31-29-18-16-14-12-10-8-6-4-2/h55-56,60-61H,3-54H2,1-2H3,(H,59,62). The molecule has 2 unspecified atom stereocenters. The fraction of sp³-hybridized carbons (Fsp3) is 0.966. The van der Waals surface area contributed by atoms with Crippen molar-refractivity contribution in [1.82, 2.24) is 5.32 Å². The normalized spacial score (nSPS) is 12.5. The van der Waals surface area contributed by atoms with Crippen molar-refractivity contribution in [2.24, 2.45) is 0 Å². The van der Waals surface area contributed by atoms with Crippen LogP contribution in [-0.2, 0) is 14.3 Å². The first kappa shape index (κ1) is 62.9. The van der Waals surface area contributed by atoms with Crippen LogP contribution in [0.25, 0.3) is 0 Å². The molecule has 0 spiro atoms. The molecule has 0 aliphatic carbocycles. The summed E-state index contributed by atoms with van der Waals surface area (Å²) in [6.45, 7) is 4.93. The van der Waals surface area contributed by atoms with Crippen molar-refractivity contribution in [3.05, 3.63) is 0 Å². The smallest absolute Gasteiger partial charge is 0.305 e. The number of esters is 1. The van der Waals surface area contributed by atoms with Crippen LogP contribution in [0.15, 0.2) is 0 Å². The third-order valence-corrected chi connectivity index (χ3v) is 13.9. The summed E-state index contributed by atoms with van der Waals surface area (Å²) < 4.78 is 5.46. The summed E-state index contributed by atoms with van der Waals surface area (Å²) in [7, 11) is 0. The Labute approximate surface area is 400 Å². The molecule has 6 nitrogen and oxygen atoms in total. The number of carbonyl (C=O) groups excluding carboxylic acids is 2. The average Bonchev–Trinajstić information content (AvgIpc) is 3.29. The zero-order chi connectivity index (χ0) is 46.5. The number of ether oxygens (including phenoxy) is 1. The molecule has 3 N–H and O–H groups in total. The van der Waals surface area contributed by atoms with E-state index in [0.717, 1.165) is 57.8 Å². The van der Waals surface area contributed by atoms with Gasteiger partial charge in [-0.25, -0.2) is 0 Å². The fourth-order valence-electron chi connectivity index (χ4n) is 9.41. The van der Waals surface area contributed by atoms with Crippen LogP contribution in [0.2, 0.25) is 0 Å². The van der Waals surface area contributed by atoms with Gasteiger partial charge in [0.15, 0.2) is 0 Å². The van der Waals surface area contributed by atoms with E-state index in [1.165, 1.54) is 244 Å². The number of aliphatic hydroxyl groups is 2. The molecule has 0 aromatic heterocycles. The van der Waals surface area contributed by atoms with Crippen LogP contribution in [0.1, 0.15) is 335 Å². The second-order valence-corrected chi connectivity index (χ2v) is 20.3. The molecule has 1 amide bonds. The van der Waals surface area contributed by atoms with Gasteiger partial charge in [-0.2, -0.15) is 0 Å². The van der Waals surface area contributed by atoms with Crippen LogP contribution in [-0.4, -0.2) is 47.4 Å². The minimum absolute atomic E-state index is 0.0149. The predicted octanol–water partition coefficient (Wildman–Crippen LogP) is 17.9. The number of amides is 1. The molecule has 0 saturated heterocycles. The molecule has 0 aliphatic heterocycles. The van der Waals surface area contributed by atoms with Gasteiger partial charge in [0.1, 0.15) is 0 Å². The maximum Gasteiger partial charge on any atom is 0.305 e. The van der Waals surface area contributed by atoms with Gasteiger partial charge >= 0.3 is 5.97 Å². The van der Waals surface area contributed by atoms with E-state index in [4.69, 9.17) is 4.74 Å². The van der Waals surface area contributed by atoms with Gasteiger partial charge in [0.2, 0.25) is 5.91 Å². The third-order valence-electron chi connectivity index (χ3n) is 13.9. The minimum Gasteiger partial charge on any atom is -0.466 e. The van der Waals surface area contributed by atoms with Crippen molar-refractivity contribution in [3.8, 4) is 0 Å². The van der Waals surface area contributed by atoms with Gasteiger partial charge in [0.05, 0.1) is 25.4 Å². The first-order chi connectivity index (χ1) is 31.5. The lowest BCUT2D eigenvalue weighted by molar-refractivity contribution is -0.143. The van der Waals surface area contributed by atoms with Crippen molar-refractivity contribution in [3.63, 3.8) is 0 Å². The van der Waals surface area contributed by atoms with Gasteiger partial charge in [-0.3, -0.25) is 9.59 Å². The topological polar surface area (TPSA) is 95.9 Å². The second-order valence-electron chi connectivity index (χ2n) is 20.3. The molecular weight excluding hydrogens is 791 g/mol. The summed E-state index contributed by atoms with van der Waals surface area (Å²) in [4.78, 5) is 24.5. The summed E-state index contributed by atoms with van der Waals surface area (Å²) >= 11 is 0. The highest BCUT2D eigenvalue weighted by molar-refractivity contribution is 5.76. The van der Waals surface area contributed by atoms with Gasteiger partial charge in [0, 0.05) is 12.8 Å². The summed E-state index contributed by atoms with van der Waals surface area (Å²) in [6.07, 6.45) is 62.3. The molecule has 0 fully saturated rings. The van der Waals surface area contributed by atoms with Crippen LogP contribution in [0, 0.1) is 0 Å². The van der Waals surface area contributed by atoms with E-state index in [2.05, 4.69) is 19.2 Å². The number of rotatable bonds is 55. The van der Waals surface area contributed by atoms with Crippen LogP contribution in [0.3, 0.4) is 0 Å². The Hall–Kier alpha value is -1.14. The number of unbranched alkanes of at least 4 members (excludes halogenated alkanes) is 44. The number of nitrogens with one attached hydrogen (secondary N) is 1. The molecule has 0 aromatic carbocycles. The highest BCUT2D eigenvalue weighted by Crippen LogP contribution is 2.18. The highest BCUT2D eigenvalue weighted by atomic mass is 16.5. The molecule has 2 atom stereocenters. The zero-order valence-corrected chi connectivity index (χ0v) is 43.5.